The summed E-state index contributed by atoms with van der Waals surface area (Å²) in [7, 11) is 3.91. The molecule has 0 amide bonds. The number of morpholine rings is 1. The molecule has 4 nitrogen and oxygen atoms in total. The Morgan fingerprint density at radius 3 is 2.25 bits per heavy atom. The Hall–Kier alpha value is -0.680. The van der Waals surface area contributed by atoms with Crippen LogP contribution in [0.25, 0.3) is 0 Å². The smallest absolute Gasteiger partial charge is 0.201 e. The molecule has 1 aliphatic rings. The normalized spacial score (nSPS) is 15.8. The molecule has 0 aromatic heterocycles. The van der Waals surface area contributed by atoms with E-state index >= 15 is 0 Å². The van der Waals surface area contributed by atoms with Crippen molar-refractivity contribution in [2.24, 2.45) is 4.99 Å². The lowest BCUT2D eigenvalue weighted by molar-refractivity contribution is 0.0638. The van der Waals surface area contributed by atoms with Crippen LogP contribution in [0.1, 0.15) is 0 Å². The van der Waals surface area contributed by atoms with Gasteiger partial charge in [-0.15, -0.1) is 12.4 Å². The summed E-state index contributed by atoms with van der Waals surface area (Å²) in [6.45, 7) is 3.06. The van der Waals surface area contributed by atoms with Gasteiger partial charge in [0.05, 0.1) is 23.3 Å². The van der Waals surface area contributed by atoms with Crippen LogP contribution in [-0.4, -0.2) is 56.2 Å². The fourth-order valence-electron chi connectivity index (χ4n) is 1.91. The third-order valence-electron chi connectivity index (χ3n) is 2.84. The molecule has 2 rings (SSSR count). The van der Waals surface area contributed by atoms with E-state index in [0.717, 1.165) is 19.0 Å². The van der Waals surface area contributed by atoms with E-state index in [1.165, 1.54) is 0 Å². The maximum atomic E-state index is 6.16. The van der Waals surface area contributed by atoms with E-state index in [-0.39, 0.29) is 12.4 Å². The van der Waals surface area contributed by atoms with Gasteiger partial charge >= 0.3 is 0 Å². The van der Waals surface area contributed by atoms with Crippen LogP contribution in [-0.2, 0) is 4.74 Å². The number of aliphatic imine (C=N–C) groups is 1. The van der Waals surface area contributed by atoms with Crippen molar-refractivity contribution >= 4 is 47.3 Å². The molecule has 0 unspecified atom stereocenters. The van der Waals surface area contributed by atoms with E-state index < -0.39 is 0 Å². The predicted molar refractivity (Wildman–Crippen MR) is 86.9 cm³/mol. The Morgan fingerprint density at radius 1 is 1.20 bits per heavy atom. The van der Waals surface area contributed by atoms with Crippen molar-refractivity contribution in [2.45, 2.75) is 0 Å². The Bertz CT molecular complexity index is 454. The number of guanidine groups is 1. The number of halogens is 3. The van der Waals surface area contributed by atoms with Crippen LogP contribution in [0.2, 0.25) is 10.0 Å². The van der Waals surface area contributed by atoms with Crippen molar-refractivity contribution in [3.05, 3.63) is 28.2 Å². The van der Waals surface area contributed by atoms with Crippen molar-refractivity contribution in [2.75, 3.05) is 40.4 Å². The molecule has 1 aromatic carbocycles. The van der Waals surface area contributed by atoms with Crippen LogP contribution in [0.5, 0.6) is 0 Å². The molecule has 0 saturated carbocycles. The minimum Gasteiger partial charge on any atom is -0.378 e. The molecule has 1 aliphatic heterocycles. The molecule has 0 N–H and O–H groups in total. The van der Waals surface area contributed by atoms with Gasteiger partial charge in [-0.25, -0.2) is 4.99 Å². The van der Waals surface area contributed by atoms with Gasteiger partial charge in [-0.2, -0.15) is 0 Å². The molecule has 20 heavy (non-hydrogen) atoms. The van der Waals surface area contributed by atoms with E-state index in [2.05, 4.69) is 9.89 Å². The van der Waals surface area contributed by atoms with Crippen molar-refractivity contribution in [3.8, 4) is 0 Å². The molecule has 1 aromatic rings. The van der Waals surface area contributed by atoms with Gasteiger partial charge in [0, 0.05) is 27.2 Å². The standard InChI is InChI=1S/C13H17Cl2N3O.ClH/c1-17(2)13(18-6-8-19-9-7-18)16-12-10(14)4-3-5-11(12)15;/h3-5H,6-9H2,1-2H3;1H. The molecule has 1 fully saturated rings. The summed E-state index contributed by atoms with van der Waals surface area (Å²) in [5.74, 6) is 0.846. The Balaban J connectivity index is 0.00000200. The van der Waals surface area contributed by atoms with E-state index in [4.69, 9.17) is 27.9 Å². The minimum absolute atomic E-state index is 0. The Kier molecular flexibility index (Phi) is 6.89. The first kappa shape index (κ1) is 17.4. The zero-order valence-corrected chi connectivity index (χ0v) is 13.8. The summed E-state index contributed by atoms with van der Waals surface area (Å²) < 4.78 is 5.36. The maximum absolute atomic E-state index is 6.16. The lowest BCUT2D eigenvalue weighted by atomic mass is 10.3. The van der Waals surface area contributed by atoms with Gasteiger partial charge in [-0.05, 0) is 12.1 Å². The molecule has 0 radical (unpaired) electrons. The van der Waals surface area contributed by atoms with Gasteiger partial charge in [-0.1, -0.05) is 29.3 Å². The van der Waals surface area contributed by atoms with E-state index in [0.29, 0.717) is 28.9 Å². The third-order valence-corrected chi connectivity index (χ3v) is 3.45. The highest BCUT2D eigenvalue weighted by Gasteiger charge is 2.18. The highest BCUT2D eigenvalue weighted by molar-refractivity contribution is 6.38. The first-order valence-corrected chi connectivity index (χ1v) is 6.88. The molecule has 1 saturated heterocycles. The summed E-state index contributed by atoms with van der Waals surface area (Å²) in [5.41, 5.74) is 0.612. The van der Waals surface area contributed by atoms with Crippen molar-refractivity contribution < 1.29 is 4.74 Å². The van der Waals surface area contributed by atoms with E-state index in [1.807, 2.05) is 25.1 Å². The van der Waals surface area contributed by atoms with Crippen LogP contribution in [0, 0.1) is 0 Å². The fraction of sp³-hybridized carbons (Fsp3) is 0.462. The second-order valence-corrected chi connectivity index (χ2v) is 5.29. The monoisotopic (exact) mass is 337 g/mol. The number of nitrogens with zero attached hydrogens (tertiary/aromatic N) is 3. The lowest BCUT2D eigenvalue weighted by Crippen LogP contribution is -2.46. The van der Waals surface area contributed by atoms with Gasteiger partial charge in [-0.3, -0.25) is 0 Å². The topological polar surface area (TPSA) is 28.1 Å². The van der Waals surface area contributed by atoms with Crippen molar-refractivity contribution in [3.63, 3.8) is 0 Å². The van der Waals surface area contributed by atoms with Crippen molar-refractivity contribution in [1.82, 2.24) is 9.80 Å². The highest BCUT2D eigenvalue weighted by Crippen LogP contribution is 2.33. The quantitative estimate of drug-likeness (QED) is 0.581. The number of rotatable bonds is 1. The van der Waals surface area contributed by atoms with Crippen LogP contribution in [0.3, 0.4) is 0 Å². The Labute approximate surface area is 135 Å². The first-order valence-electron chi connectivity index (χ1n) is 6.12. The lowest BCUT2D eigenvalue weighted by Gasteiger charge is -2.33. The third kappa shape index (κ3) is 4.16. The second-order valence-electron chi connectivity index (χ2n) is 4.48. The largest absolute Gasteiger partial charge is 0.378 e. The number of para-hydroxylation sites is 1. The fourth-order valence-corrected chi connectivity index (χ4v) is 2.39. The summed E-state index contributed by atoms with van der Waals surface area (Å²) in [6.07, 6.45) is 0. The molecule has 7 heteroatoms. The van der Waals surface area contributed by atoms with Crippen LogP contribution in [0.15, 0.2) is 23.2 Å². The molecule has 0 atom stereocenters. The zero-order chi connectivity index (χ0) is 13.8. The molecule has 0 bridgehead atoms. The van der Waals surface area contributed by atoms with Crippen LogP contribution < -0.4 is 0 Å². The van der Waals surface area contributed by atoms with Gasteiger partial charge in [0.25, 0.3) is 0 Å². The van der Waals surface area contributed by atoms with Crippen LogP contribution in [0.4, 0.5) is 5.69 Å². The summed E-state index contributed by atoms with van der Waals surface area (Å²) >= 11 is 12.3. The molecular formula is C13H18Cl3N3O. The zero-order valence-electron chi connectivity index (χ0n) is 11.5. The second kappa shape index (κ2) is 7.93. The van der Waals surface area contributed by atoms with Gasteiger partial charge in [0.15, 0.2) is 0 Å². The number of hydrogen-bond donors (Lipinski definition) is 0. The molecule has 112 valence electrons. The SMILES string of the molecule is CN(C)C(=Nc1c(Cl)cccc1Cl)N1CCOCC1.Cl. The summed E-state index contributed by atoms with van der Waals surface area (Å²) in [5, 5.41) is 1.11. The maximum Gasteiger partial charge on any atom is 0.201 e. The number of ether oxygens (including phenoxy) is 1. The number of benzene rings is 1. The average molecular weight is 339 g/mol. The van der Waals surface area contributed by atoms with Gasteiger partial charge in [0.2, 0.25) is 5.96 Å². The summed E-state index contributed by atoms with van der Waals surface area (Å²) in [6, 6.07) is 5.39. The molecule has 0 aliphatic carbocycles. The molecular weight excluding hydrogens is 321 g/mol. The highest BCUT2D eigenvalue weighted by atomic mass is 35.5. The number of hydrogen-bond acceptors (Lipinski definition) is 2. The molecule has 1 heterocycles. The summed E-state index contributed by atoms with van der Waals surface area (Å²) in [4.78, 5) is 8.76. The van der Waals surface area contributed by atoms with Gasteiger partial charge in [0.1, 0.15) is 5.69 Å². The van der Waals surface area contributed by atoms with Crippen molar-refractivity contribution in [1.29, 1.82) is 0 Å². The minimum atomic E-state index is 0. The van der Waals surface area contributed by atoms with E-state index in [1.54, 1.807) is 12.1 Å². The molecule has 0 spiro atoms. The average Bonchev–Trinajstić information content (AvgIpc) is 2.39. The Morgan fingerprint density at radius 2 is 1.75 bits per heavy atom. The predicted octanol–water partition coefficient (Wildman–Crippen LogP) is 3.30. The van der Waals surface area contributed by atoms with Gasteiger partial charge < -0.3 is 14.5 Å². The van der Waals surface area contributed by atoms with Crippen LogP contribution >= 0.6 is 35.6 Å². The van der Waals surface area contributed by atoms with E-state index in [9.17, 15) is 0 Å². The first-order chi connectivity index (χ1) is 9.09.